The summed E-state index contributed by atoms with van der Waals surface area (Å²) in [4.78, 5) is 31.5. The van der Waals surface area contributed by atoms with Gasteiger partial charge in [-0.3, -0.25) is 14.6 Å². The lowest BCUT2D eigenvalue weighted by atomic mass is 9.97. The Morgan fingerprint density at radius 2 is 1.73 bits per heavy atom. The number of hydrazone groups is 1. The van der Waals surface area contributed by atoms with Gasteiger partial charge in [0, 0.05) is 63.0 Å². The summed E-state index contributed by atoms with van der Waals surface area (Å²) < 4.78 is 15.7. The highest BCUT2D eigenvalue weighted by Crippen LogP contribution is 2.37. The number of nitrogens with two attached hydrogens (primary N) is 1. The van der Waals surface area contributed by atoms with Crippen LogP contribution in [0.15, 0.2) is 52.1 Å². The van der Waals surface area contributed by atoms with Crippen LogP contribution < -0.4 is 5.73 Å². The van der Waals surface area contributed by atoms with E-state index in [1.54, 1.807) is 17.3 Å². The van der Waals surface area contributed by atoms with Gasteiger partial charge in [-0.1, -0.05) is 38.1 Å². The zero-order valence-electron chi connectivity index (χ0n) is 24.5. The van der Waals surface area contributed by atoms with Gasteiger partial charge in [0.15, 0.2) is 6.29 Å². The van der Waals surface area contributed by atoms with Gasteiger partial charge in [-0.2, -0.15) is 5.10 Å². The molecule has 0 saturated carbocycles. The summed E-state index contributed by atoms with van der Waals surface area (Å²) in [6.45, 7) is 6.44. The van der Waals surface area contributed by atoms with Crippen LogP contribution in [0.25, 0.3) is 17.2 Å². The van der Waals surface area contributed by atoms with E-state index >= 15 is 0 Å². The number of aliphatic imine (C=N–C) groups is 1. The second-order valence-corrected chi connectivity index (χ2v) is 11.0. The van der Waals surface area contributed by atoms with Crippen LogP contribution in [0.5, 0.6) is 0 Å². The molecule has 1 aliphatic rings. The van der Waals surface area contributed by atoms with E-state index in [0.717, 1.165) is 35.8 Å². The molecule has 3 rings (SSSR count). The van der Waals surface area contributed by atoms with E-state index in [1.807, 2.05) is 48.4 Å². The summed E-state index contributed by atoms with van der Waals surface area (Å²) in [7, 11) is 3.51. The molecule has 0 unspecified atom stereocenters. The van der Waals surface area contributed by atoms with Crippen molar-refractivity contribution in [1.82, 2.24) is 9.91 Å². The lowest BCUT2D eigenvalue weighted by Crippen LogP contribution is -2.34. The molecule has 0 atom stereocenters. The van der Waals surface area contributed by atoms with Crippen LogP contribution in [-0.2, 0) is 18.4 Å². The average molecular weight is 582 g/mol. The predicted molar refractivity (Wildman–Crippen MR) is 165 cm³/mol. The van der Waals surface area contributed by atoms with E-state index in [0.29, 0.717) is 60.9 Å². The van der Waals surface area contributed by atoms with E-state index in [-0.39, 0.29) is 5.91 Å². The number of benzene rings is 2. The molecule has 0 bridgehead atoms. The molecule has 0 fully saturated rings. The molecule has 0 aromatic heterocycles. The molecule has 1 heterocycles. The van der Waals surface area contributed by atoms with Gasteiger partial charge in [-0.15, -0.1) is 0 Å². The van der Waals surface area contributed by atoms with Gasteiger partial charge >= 0.3 is 8.60 Å². The molecule has 1 amide bonds. The number of fused-ring (bicyclic) bond motifs is 1. The van der Waals surface area contributed by atoms with E-state index in [4.69, 9.17) is 19.3 Å². The summed E-state index contributed by atoms with van der Waals surface area (Å²) in [5, 5.41) is 6.17. The lowest BCUT2D eigenvalue weighted by molar-refractivity contribution is -0.127. The topological polar surface area (TPSA) is 119 Å². The molecule has 10 nitrogen and oxygen atoms in total. The maximum atomic E-state index is 13.3. The number of amides is 1. The molecule has 11 heteroatoms. The number of amidine groups is 1. The van der Waals surface area contributed by atoms with Crippen molar-refractivity contribution in [2.45, 2.75) is 33.1 Å². The molecule has 220 valence electrons. The maximum absolute atomic E-state index is 13.3. The maximum Gasteiger partial charge on any atom is 0.332 e. The van der Waals surface area contributed by atoms with Crippen molar-refractivity contribution in [3.05, 3.63) is 58.7 Å². The van der Waals surface area contributed by atoms with Crippen LogP contribution in [-0.4, -0.2) is 81.7 Å². The van der Waals surface area contributed by atoms with Gasteiger partial charge in [0.25, 0.3) is 0 Å². The SMILES string of the molecule is CCCN(CCC)C(=O)C1=Cc2ccc(-c3ccc(C=O)c(/C=N\N(C)CCOP(OC)OC)c3)cc2N=C(N)C1. The highest BCUT2D eigenvalue weighted by Gasteiger charge is 2.21. The Bertz CT molecular complexity index is 1290. The minimum atomic E-state index is -1.36. The van der Waals surface area contributed by atoms with Crippen molar-refractivity contribution in [3.63, 3.8) is 0 Å². The van der Waals surface area contributed by atoms with Crippen LogP contribution in [0.2, 0.25) is 0 Å². The Kier molecular flexibility index (Phi) is 12.6. The molecule has 0 saturated heterocycles. The number of carbonyl (C=O) groups is 2. The monoisotopic (exact) mass is 581 g/mol. The highest BCUT2D eigenvalue weighted by atomic mass is 31.2. The number of hydrogen-bond acceptors (Lipinski definition) is 9. The minimum Gasteiger partial charge on any atom is -0.387 e. The van der Waals surface area contributed by atoms with E-state index in [2.05, 4.69) is 23.9 Å². The molecule has 0 spiro atoms. The summed E-state index contributed by atoms with van der Waals surface area (Å²) in [5.74, 6) is 0.403. The molecular weight excluding hydrogens is 541 g/mol. The summed E-state index contributed by atoms with van der Waals surface area (Å²) >= 11 is 0. The molecular formula is C30H40N5O5P. The fourth-order valence-corrected chi connectivity index (χ4v) is 4.98. The zero-order chi connectivity index (χ0) is 29.8. The van der Waals surface area contributed by atoms with Crippen molar-refractivity contribution >= 4 is 44.6 Å². The standard InChI is InChI=1S/C30H40N5O5P/c1-6-12-35(13-7-2)30(37)26-17-24-10-8-23(18-28(24)33-29(31)19-26)22-9-11-25(21-36)27(16-22)20-32-34(3)14-15-40-41(38-4)39-5/h8-11,16-18,20-21H,6-7,12-15,19H2,1-5H3,(H2,31,33)/b32-20-. The predicted octanol–water partition coefficient (Wildman–Crippen LogP) is 5.39. The van der Waals surface area contributed by atoms with Crippen molar-refractivity contribution in [1.29, 1.82) is 0 Å². The van der Waals surface area contributed by atoms with Gasteiger partial charge in [-0.05, 0) is 42.2 Å². The quantitative estimate of drug-likeness (QED) is 0.130. The van der Waals surface area contributed by atoms with Crippen molar-refractivity contribution in [2.24, 2.45) is 15.8 Å². The largest absolute Gasteiger partial charge is 0.387 e. The molecule has 41 heavy (non-hydrogen) atoms. The molecule has 0 radical (unpaired) electrons. The first-order valence-corrected chi connectivity index (χ1v) is 14.8. The van der Waals surface area contributed by atoms with Gasteiger partial charge in [-0.25, -0.2) is 4.99 Å². The van der Waals surface area contributed by atoms with Gasteiger partial charge < -0.3 is 24.2 Å². The molecule has 2 aromatic carbocycles. The lowest BCUT2D eigenvalue weighted by Gasteiger charge is -2.22. The normalized spacial score (nSPS) is 13.0. The van der Waals surface area contributed by atoms with Gasteiger partial charge in [0.1, 0.15) is 5.84 Å². The average Bonchev–Trinajstić information content (AvgIpc) is 3.15. The molecule has 1 aliphatic heterocycles. The number of likely N-dealkylation sites (N-methyl/N-ethyl adjacent to an activating group) is 1. The van der Waals surface area contributed by atoms with Crippen molar-refractivity contribution in [2.75, 3.05) is 47.5 Å². The van der Waals surface area contributed by atoms with Crippen LogP contribution in [0.3, 0.4) is 0 Å². The first-order chi connectivity index (χ1) is 19.8. The van der Waals surface area contributed by atoms with Gasteiger partial charge in [0.05, 0.1) is 25.1 Å². The fourth-order valence-electron chi connectivity index (χ4n) is 4.38. The number of aldehydes is 1. The van der Waals surface area contributed by atoms with Crippen LogP contribution >= 0.6 is 8.60 Å². The minimum absolute atomic E-state index is 0.00636. The van der Waals surface area contributed by atoms with Crippen molar-refractivity contribution < 1.29 is 23.2 Å². The van der Waals surface area contributed by atoms with Crippen molar-refractivity contribution in [3.8, 4) is 11.1 Å². The van der Waals surface area contributed by atoms with Gasteiger partial charge in [0.2, 0.25) is 5.91 Å². The highest BCUT2D eigenvalue weighted by molar-refractivity contribution is 7.41. The molecule has 2 N–H and O–H groups in total. The third-order valence-corrected chi connectivity index (χ3v) is 7.39. The first-order valence-electron chi connectivity index (χ1n) is 13.7. The number of rotatable bonds is 15. The summed E-state index contributed by atoms with van der Waals surface area (Å²) in [5.41, 5.74) is 11.5. The fraction of sp³-hybridized carbons (Fsp3) is 0.400. The third kappa shape index (κ3) is 9.03. The van der Waals surface area contributed by atoms with Crippen LogP contribution in [0.4, 0.5) is 5.69 Å². The molecule has 0 aliphatic carbocycles. The Morgan fingerprint density at radius 3 is 2.39 bits per heavy atom. The Hall–Kier alpha value is -3.43. The van der Waals surface area contributed by atoms with E-state index in [9.17, 15) is 9.59 Å². The first kappa shape index (κ1) is 32.1. The Morgan fingerprint density at radius 1 is 1.05 bits per heavy atom. The van der Waals surface area contributed by atoms with Crippen LogP contribution in [0.1, 0.15) is 54.6 Å². The second-order valence-electron chi connectivity index (χ2n) is 9.52. The van der Waals surface area contributed by atoms with E-state index < -0.39 is 8.60 Å². The Labute approximate surface area is 243 Å². The smallest absolute Gasteiger partial charge is 0.332 e. The zero-order valence-corrected chi connectivity index (χ0v) is 25.4. The summed E-state index contributed by atoms with van der Waals surface area (Å²) in [6.07, 6.45) is 6.46. The number of hydrogen-bond donors (Lipinski definition) is 1. The number of nitrogens with zero attached hydrogens (tertiary/aromatic N) is 4. The Balaban J connectivity index is 1.84. The third-order valence-electron chi connectivity index (χ3n) is 6.40. The van der Waals surface area contributed by atoms with Crippen LogP contribution in [0, 0.1) is 0 Å². The second kappa shape index (κ2) is 16.1. The van der Waals surface area contributed by atoms with E-state index in [1.165, 1.54) is 14.2 Å². The molecule has 2 aromatic rings. The summed E-state index contributed by atoms with van der Waals surface area (Å²) in [6, 6.07) is 11.5. The number of carbonyl (C=O) groups excluding carboxylic acids is 2.